The van der Waals surface area contributed by atoms with Gasteiger partial charge in [-0.2, -0.15) is 0 Å². The molecule has 0 aromatic carbocycles. The van der Waals surface area contributed by atoms with Gasteiger partial charge in [0.15, 0.2) is 0 Å². The number of halogens is 1. The van der Waals surface area contributed by atoms with Gasteiger partial charge in [-0.15, -0.1) is 0 Å². The maximum Gasteiger partial charge on any atom is 0.226 e. The molecule has 0 saturated carbocycles. The fourth-order valence-electron chi connectivity index (χ4n) is 1.24. The second-order valence-corrected chi connectivity index (χ2v) is 2.65. The van der Waals surface area contributed by atoms with Gasteiger partial charge in [-0.25, -0.2) is 4.39 Å². The van der Waals surface area contributed by atoms with Gasteiger partial charge >= 0.3 is 0 Å². The van der Waals surface area contributed by atoms with Gasteiger partial charge < -0.3 is 4.90 Å². The van der Waals surface area contributed by atoms with Crippen molar-refractivity contribution in [3.05, 3.63) is 12.4 Å². The van der Waals surface area contributed by atoms with E-state index in [1.54, 1.807) is 4.90 Å². The van der Waals surface area contributed by atoms with Crippen LogP contribution in [0.2, 0.25) is 0 Å². The highest BCUT2D eigenvalue weighted by atomic mass is 19.1. The van der Waals surface area contributed by atoms with Gasteiger partial charge in [-0.1, -0.05) is 0 Å². The van der Waals surface area contributed by atoms with Gasteiger partial charge in [0.2, 0.25) is 5.91 Å². The third-order valence-corrected chi connectivity index (χ3v) is 1.84. The first kappa shape index (κ1) is 8.24. The minimum atomic E-state index is 0.0383. The molecule has 1 fully saturated rings. The fourth-order valence-corrected chi connectivity index (χ4v) is 1.24. The highest BCUT2D eigenvalue weighted by Crippen LogP contribution is 2.08. The van der Waals surface area contributed by atoms with Crippen LogP contribution in [0.25, 0.3) is 0 Å². The lowest BCUT2D eigenvalue weighted by Gasteiger charge is -2.12. The average molecular weight is 157 g/mol. The summed E-state index contributed by atoms with van der Waals surface area (Å²) in [6.45, 7) is 1.69. The van der Waals surface area contributed by atoms with Crippen LogP contribution in [-0.2, 0) is 4.79 Å². The fraction of sp³-hybridized carbons (Fsp3) is 0.625. The Morgan fingerprint density at radius 1 is 1.45 bits per heavy atom. The Hall–Kier alpha value is -0.860. The smallest absolute Gasteiger partial charge is 0.226 e. The number of amides is 1. The predicted molar refractivity (Wildman–Crippen MR) is 40.7 cm³/mol. The van der Waals surface area contributed by atoms with Crippen molar-refractivity contribution in [2.75, 3.05) is 13.1 Å². The Morgan fingerprint density at radius 2 is 2.09 bits per heavy atom. The molecule has 0 aliphatic carbocycles. The third-order valence-electron chi connectivity index (χ3n) is 1.84. The minimum absolute atomic E-state index is 0.0383. The first-order valence-corrected chi connectivity index (χ1v) is 3.87. The summed E-state index contributed by atoms with van der Waals surface area (Å²) in [6, 6.07) is 0. The number of carbonyl (C=O) groups excluding carboxylic acids is 1. The van der Waals surface area contributed by atoms with Crippen LogP contribution in [0.5, 0.6) is 0 Å². The van der Waals surface area contributed by atoms with E-state index in [4.69, 9.17) is 0 Å². The monoisotopic (exact) mass is 157 g/mol. The van der Waals surface area contributed by atoms with Crippen molar-refractivity contribution in [3.63, 3.8) is 0 Å². The molecular formula is C8H12FNO. The molecule has 0 N–H and O–H groups in total. The minimum Gasteiger partial charge on any atom is -0.342 e. The number of rotatable bonds is 2. The van der Waals surface area contributed by atoms with Crippen LogP contribution in [0.1, 0.15) is 19.3 Å². The molecule has 0 bridgehead atoms. The van der Waals surface area contributed by atoms with E-state index in [-0.39, 0.29) is 12.3 Å². The number of carbonyl (C=O) groups is 1. The van der Waals surface area contributed by atoms with Gasteiger partial charge in [0, 0.05) is 19.5 Å². The molecular weight excluding hydrogens is 145 g/mol. The highest BCUT2D eigenvalue weighted by molar-refractivity contribution is 5.77. The molecule has 1 aliphatic heterocycles. The Balaban J connectivity index is 2.28. The maximum absolute atomic E-state index is 11.5. The summed E-state index contributed by atoms with van der Waals surface area (Å²) in [5.74, 6) is 0.0383. The molecule has 62 valence electrons. The van der Waals surface area contributed by atoms with E-state index in [9.17, 15) is 9.18 Å². The summed E-state index contributed by atoms with van der Waals surface area (Å²) < 4.78 is 11.5. The number of hydrogen-bond donors (Lipinski definition) is 0. The highest BCUT2D eigenvalue weighted by Gasteiger charge is 2.15. The number of likely N-dealkylation sites (tertiary alicyclic amines) is 1. The lowest BCUT2D eigenvalue weighted by Crippen LogP contribution is -2.26. The van der Waals surface area contributed by atoms with Crippen molar-refractivity contribution in [1.82, 2.24) is 4.90 Å². The standard InChI is InChI=1S/C8H12FNO/c9-5-3-4-8(11)10-6-1-2-7-10/h3,5H,1-2,4,6-7H2/b5-3+. The summed E-state index contributed by atoms with van der Waals surface area (Å²) in [7, 11) is 0. The lowest BCUT2D eigenvalue weighted by atomic mass is 10.4. The lowest BCUT2D eigenvalue weighted by molar-refractivity contribution is -0.129. The topological polar surface area (TPSA) is 20.3 Å². The summed E-state index contributed by atoms with van der Waals surface area (Å²) >= 11 is 0. The van der Waals surface area contributed by atoms with E-state index in [0.717, 1.165) is 25.9 Å². The molecule has 1 saturated heterocycles. The molecule has 11 heavy (non-hydrogen) atoms. The van der Waals surface area contributed by atoms with E-state index >= 15 is 0 Å². The molecule has 1 aliphatic rings. The summed E-state index contributed by atoms with van der Waals surface area (Å²) in [4.78, 5) is 12.9. The normalized spacial score (nSPS) is 18.1. The Bertz CT molecular complexity index is 161. The van der Waals surface area contributed by atoms with Gasteiger partial charge in [0.25, 0.3) is 0 Å². The molecule has 0 aromatic heterocycles. The van der Waals surface area contributed by atoms with Crippen molar-refractivity contribution in [2.45, 2.75) is 19.3 Å². The number of hydrogen-bond acceptors (Lipinski definition) is 1. The van der Waals surface area contributed by atoms with Crippen LogP contribution < -0.4 is 0 Å². The van der Waals surface area contributed by atoms with Gasteiger partial charge in [-0.05, 0) is 18.9 Å². The number of nitrogens with zero attached hydrogens (tertiary/aromatic N) is 1. The second-order valence-electron chi connectivity index (χ2n) is 2.65. The van der Waals surface area contributed by atoms with Crippen molar-refractivity contribution >= 4 is 5.91 Å². The largest absolute Gasteiger partial charge is 0.342 e. The van der Waals surface area contributed by atoms with E-state index in [1.165, 1.54) is 6.08 Å². The molecule has 2 nitrogen and oxygen atoms in total. The molecule has 1 amide bonds. The molecule has 0 spiro atoms. The summed E-state index contributed by atoms with van der Waals surface area (Å²) in [5.41, 5.74) is 0. The van der Waals surface area contributed by atoms with E-state index in [1.807, 2.05) is 0 Å². The molecule has 0 atom stereocenters. The molecule has 1 rings (SSSR count). The first-order valence-electron chi connectivity index (χ1n) is 3.87. The van der Waals surface area contributed by atoms with Crippen molar-refractivity contribution < 1.29 is 9.18 Å². The SMILES string of the molecule is O=C(C/C=C/F)N1CCCC1. The Morgan fingerprint density at radius 3 is 2.64 bits per heavy atom. The summed E-state index contributed by atoms with van der Waals surface area (Å²) in [5, 5.41) is 0. The molecule has 0 unspecified atom stereocenters. The Kier molecular flexibility index (Phi) is 3.08. The van der Waals surface area contributed by atoms with Crippen LogP contribution in [-0.4, -0.2) is 23.9 Å². The zero-order valence-electron chi connectivity index (χ0n) is 6.42. The maximum atomic E-state index is 11.5. The van der Waals surface area contributed by atoms with Crippen molar-refractivity contribution in [1.29, 1.82) is 0 Å². The van der Waals surface area contributed by atoms with Crippen LogP contribution in [0.15, 0.2) is 12.4 Å². The average Bonchev–Trinajstić information content (AvgIpc) is 2.52. The Labute approximate surface area is 65.7 Å². The van der Waals surface area contributed by atoms with Crippen LogP contribution in [0, 0.1) is 0 Å². The zero-order chi connectivity index (χ0) is 8.10. The van der Waals surface area contributed by atoms with E-state index < -0.39 is 0 Å². The first-order chi connectivity index (χ1) is 5.34. The predicted octanol–water partition coefficient (Wildman–Crippen LogP) is 1.48. The van der Waals surface area contributed by atoms with Crippen molar-refractivity contribution in [3.8, 4) is 0 Å². The third kappa shape index (κ3) is 2.33. The molecule has 0 radical (unpaired) electrons. The van der Waals surface area contributed by atoms with Crippen LogP contribution in [0.3, 0.4) is 0 Å². The molecule has 1 heterocycles. The second kappa shape index (κ2) is 4.11. The van der Waals surface area contributed by atoms with E-state index in [0.29, 0.717) is 6.33 Å². The van der Waals surface area contributed by atoms with Gasteiger partial charge in [-0.3, -0.25) is 4.79 Å². The van der Waals surface area contributed by atoms with Crippen LogP contribution >= 0.6 is 0 Å². The van der Waals surface area contributed by atoms with Crippen molar-refractivity contribution in [2.24, 2.45) is 0 Å². The zero-order valence-corrected chi connectivity index (χ0v) is 6.42. The van der Waals surface area contributed by atoms with E-state index in [2.05, 4.69) is 0 Å². The van der Waals surface area contributed by atoms with Gasteiger partial charge in [0.05, 0.1) is 6.33 Å². The molecule has 3 heteroatoms. The molecule has 0 aromatic rings. The van der Waals surface area contributed by atoms with Gasteiger partial charge in [0.1, 0.15) is 0 Å². The summed E-state index contributed by atoms with van der Waals surface area (Å²) in [6.07, 6.45) is 4.06. The van der Waals surface area contributed by atoms with Crippen LogP contribution in [0.4, 0.5) is 4.39 Å². The quantitative estimate of drug-likeness (QED) is 0.594.